The van der Waals surface area contributed by atoms with Gasteiger partial charge in [0.2, 0.25) is 0 Å². The van der Waals surface area contributed by atoms with Crippen LogP contribution in [0.5, 0.6) is 0 Å². The van der Waals surface area contributed by atoms with E-state index in [1.165, 1.54) is 5.56 Å². The highest BCUT2D eigenvalue weighted by molar-refractivity contribution is 8.02. The van der Waals surface area contributed by atoms with Crippen LogP contribution in [0, 0.1) is 0 Å². The first-order chi connectivity index (χ1) is 14.2. The van der Waals surface area contributed by atoms with Gasteiger partial charge >= 0.3 is 6.09 Å². The van der Waals surface area contributed by atoms with E-state index in [1.54, 1.807) is 11.8 Å². The minimum atomic E-state index is -0.645. The number of aliphatic hydroxyl groups excluding tert-OH is 1. The Kier molecular flexibility index (Phi) is 8.46. The second kappa shape index (κ2) is 11.5. The number of amides is 1. The van der Waals surface area contributed by atoms with Crippen molar-refractivity contribution in [3.05, 3.63) is 83.4 Å². The van der Waals surface area contributed by atoms with E-state index >= 15 is 0 Å². The summed E-state index contributed by atoms with van der Waals surface area (Å²) in [6, 6.07) is 19.7. The van der Waals surface area contributed by atoms with Crippen LogP contribution in [0.4, 0.5) is 4.79 Å². The normalized spacial score (nSPS) is 15.1. The molecule has 2 aromatic rings. The third-order valence-corrected chi connectivity index (χ3v) is 5.64. The van der Waals surface area contributed by atoms with E-state index in [0.29, 0.717) is 12.8 Å². The highest BCUT2D eigenvalue weighted by Gasteiger charge is 2.22. The first kappa shape index (κ1) is 21.3. The number of nitrogens with zero attached hydrogens (tertiary/aromatic N) is 1. The number of carbonyl (C=O) groups is 1. The molecular formula is C23H28N2O3S. The lowest BCUT2D eigenvalue weighted by Crippen LogP contribution is -2.45. The fourth-order valence-electron chi connectivity index (χ4n) is 3.24. The molecule has 0 aliphatic carbocycles. The first-order valence-corrected chi connectivity index (χ1v) is 11.0. The highest BCUT2D eigenvalue weighted by Crippen LogP contribution is 2.15. The van der Waals surface area contributed by atoms with Crippen molar-refractivity contribution < 1.29 is 14.6 Å². The van der Waals surface area contributed by atoms with Crippen LogP contribution in [-0.4, -0.2) is 40.9 Å². The van der Waals surface area contributed by atoms with Gasteiger partial charge in [-0.15, -0.1) is 11.8 Å². The van der Waals surface area contributed by atoms with Crippen LogP contribution in [0.1, 0.15) is 24.0 Å². The quantitative estimate of drug-likeness (QED) is 0.614. The van der Waals surface area contributed by atoms with Gasteiger partial charge in [-0.3, -0.25) is 0 Å². The molecule has 154 valence electrons. The van der Waals surface area contributed by atoms with Crippen molar-refractivity contribution in [3.63, 3.8) is 0 Å². The van der Waals surface area contributed by atoms with Gasteiger partial charge in [-0.05, 0) is 42.2 Å². The van der Waals surface area contributed by atoms with E-state index in [1.807, 2.05) is 65.0 Å². The molecule has 0 radical (unpaired) electrons. The van der Waals surface area contributed by atoms with Crippen molar-refractivity contribution in [2.45, 2.75) is 37.8 Å². The van der Waals surface area contributed by atoms with Crippen molar-refractivity contribution >= 4 is 17.9 Å². The van der Waals surface area contributed by atoms with E-state index in [0.717, 1.165) is 24.3 Å². The van der Waals surface area contributed by atoms with Crippen LogP contribution in [0.15, 0.2) is 72.3 Å². The fourth-order valence-corrected chi connectivity index (χ4v) is 3.93. The fraction of sp³-hybridized carbons (Fsp3) is 0.348. The summed E-state index contributed by atoms with van der Waals surface area (Å²) in [6.45, 7) is 0.206. The van der Waals surface area contributed by atoms with Crippen molar-refractivity contribution in [3.8, 4) is 0 Å². The van der Waals surface area contributed by atoms with Gasteiger partial charge < -0.3 is 20.1 Å². The van der Waals surface area contributed by atoms with E-state index in [4.69, 9.17) is 4.74 Å². The number of aryl methyl sites for hydroxylation is 1. The van der Waals surface area contributed by atoms with Gasteiger partial charge in [0.05, 0.1) is 18.0 Å². The molecular weight excluding hydrogens is 384 g/mol. The number of aliphatic hydroxyl groups is 1. The Hall–Kier alpha value is -2.44. The molecule has 0 bridgehead atoms. The summed E-state index contributed by atoms with van der Waals surface area (Å²) in [7, 11) is 0. The molecule has 1 heterocycles. The lowest BCUT2D eigenvalue weighted by atomic mass is 9.96. The SMILES string of the molecule is O=C(NC(Cc1ccccc1)C(O)CCCc1ccccc1)OCN1C=CSC1. The topological polar surface area (TPSA) is 61.8 Å². The summed E-state index contributed by atoms with van der Waals surface area (Å²) in [5, 5.41) is 15.6. The molecule has 0 saturated carbocycles. The van der Waals surface area contributed by atoms with Gasteiger partial charge in [-0.25, -0.2) is 4.79 Å². The van der Waals surface area contributed by atoms with Crippen molar-refractivity contribution in [2.75, 3.05) is 12.6 Å². The van der Waals surface area contributed by atoms with Crippen LogP contribution in [0.3, 0.4) is 0 Å². The second-order valence-corrected chi connectivity index (χ2v) is 7.98. The second-order valence-electron chi connectivity index (χ2n) is 7.12. The number of thioether (sulfide) groups is 1. The van der Waals surface area contributed by atoms with E-state index in [2.05, 4.69) is 17.4 Å². The lowest BCUT2D eigenvalue weighted by Gasteiger charge is -2.25. The van der Waals surface area contributed by atoms with Crippen LogP contribution in [0.2, 0.25) is 0 Å². The largest absolute Gasteiger partial charge is 0.428 e. The maximum atomic E-state index is 12.3. The molecule has 0 fully saturated rings. The molecule has 2 atom stereocenters. The van der Waals surface area contributed by atoms with Gasteiger partial charge in [0, 0.05) is 6.20 Å². The van der Waals surface area contributed by atoms with Crippen molar-refractivity contribution in [2.24, 2.45) is 0 Å². The Morgan fingerprint density at radius 2 is 1.79 bits per heavy atom. The molecule has 2 unspecified atom stereocenters. The smallest absolute Gasteiger partial charge is 0.409 e. The third-order valence-electron chi connectivity index (χ3n) is 4.84. The Bertz CT molecular complexity index is 770. The number of nitrogens with one attached hydrogen (secondary N) is 1. The summed E-state index contributed by atoms with van der Waals surface area (Å²) < 4.78 is 5.32. The molecule has 3 rings (SSSR count). The van der Waals surface area contributed by atoms with Crippen LogP contribution >= 0.6 is 11.8 Å². The summed E-state index contributed by atoms with van der Waals surface area (Å²) in [6.07, 6.45) is 3.67. The molecule has 29 heavy (non-hydrogen) atoms. The molecule has 1 aliphatic rings. The van der Waals surface area contributed by atoms with E-state index in [9.17, 15) is 9.90 Å². The number of rotatable bonds is 10. The monoisotopic (exact) mass is 412 g/mol. The molecule has 0 saturated heterocycles. The molecule has 1 amide bonds. The average molecular weight is 413 g/mol. The Balaban J connectivity index is 1.52. The standard InChI is InChI=1S/C23H28N2O3S/c26-22(13-7-12-19-8-3-1-4-9-19)21(16-20-10-5-2-6-11-20)24-23(27)28-17-25-14-15-29-18-25/h1-6,8-11,14-15,21-22,26H,7,12-13,16-18H2,(H,24,27). The van der Waals surface area contributed by atoms with Gasteiger partial charge in [0.1, 0.15) is 0 Å². The first-order valence-electron chi connectivity index (χ1n) is 9.92. The Morgan fingerprint density at radius 1 is 1.10 bits per heavy atom. The number of carbonyl (C=O) groups excluding carboxylic acids is 1. The van der Waals surface area contributed by atoms with Gasteiger partial charge in [-0.1, -0.05) is 60.7 Å². The zero-order valence-corrected chi connectivity index (χ0v) is 17.3. The maximum absolute atomic E-state index is 12.3. The molecule has 0 aromatic heterocycles. The Morgan fingerprint density at radius 3 is 2.45 bits per heavy atom. The zero-order valence-electron chi connectivity index (χ0n) is 16.4. The van der Waals surface area contributed by atoms with Gasteiger partial charge in [0.25, 0.3) is 0 Å². The summed E-state index contributed by atoms with van der Waals surface area (Å²) in [5.41, 5.74) is 2.32. The predicted molar refractivity (Wildman–Crippen MR) is 117 cm³/mol. The number of alkyl carbamates (subject to hydrolysis) is 1. The summed E-state index contributed by atoms with van der Waals surface area (Å²) >= 11 is 1.66. The number of hydrogen-bond donors (Lipinski definition) is 2. The van der Waals surface area contributed by atoms with E-state index < -0.39 is 18.2 Å². The molecule has 2 aromatic carbocycles. The number of hydrogen-bond acceptors (Lipinski definition) is 5. The van der Waals surface area contributed by atoms with Crippen LogP contribution < -0.4 is 5.32 Å². The molecule has 0 spiro atoms. The van der Waals surface area contributed by atoms with Crippen molar-refractivity contribution in [1.82, 2.24) is 10.2 Å². The minimum absolute atomic E-state index is 0.206. The molecule has 1 aliphatic heterocycles. The predicted octanol–water partition coefficient (Wildman–Crippen LogP) is 4.14. The number of benzene rings is 2. The Labute approximate surface area is 176 Å². The van der Waals surface area contributed by atoms with Gasteiger partial charge in [0.15, 0.2) is 6.73 Å². The van der Waals surface area contributed by atoms with Crippen LogP contribution in [0.25, 0.3) is 0 Å². The summed E-state index contributed by atoms with van der Waals surface area (Å²) in [5.74, 6) is 0.781. The summed E-state index contributed by atoms with van der Waals surface area (Å²) in [4.78, 5) is 14.2. The zero-order chi connectivity index (χ0) is 20.3. The van der Waals surface area contributed by atoms with Crippen LogP contribution in [-0.2, 0) is 17.6 Å². The number of ether oxygens (including phenoxy) is 1. The van der Waals surface area contributed by atoms with E-state index in [-0.39, 0.29) is 6.73 Å². The highest BCUT2D eigenvalue weighted by atomic mass is 32.2. The lowest BCUT2D eigenvalue weighted by molar-refractivity contribution is 0.0785. The maximum Gasteiger partial charge on any atom is 0.409 e. The minimum Gasteiger partial charge on any atom is -0.428 e. The van der Waals surface area contributed by atoms with Gasteiger partial charge in [-0.2, -0.15) is 0 Å². The molecule has 5 nitrogen and oxygen atoms in total. The van der Waals surface area contributed by atoms with Crippen molar-refractivity contribution in [1.29, 1.82) is 0 Å². The average Bonchev–Trinajstić information content (AvgIpc) is 3.27. The third kappa shape index (κ3) is 7.48. The molecule has 6 heteroatoms. The molecule has 2 N–H and O–H groups in total.